The van der Waals surface area contributed by atoms with Gasteiger partial charge in [0.2, 0.25) is 0 Å². The predicted octanol–water partition coefficient (Wildman–Crippen LogP) is 3.37. The van der Waals surface area contributed by atoms with Crippen molar-refractivity contribution in [3.8, 4) is 5.75 Å². The van der Waals surface area contributed by atoms with E-state index in [9.17, 15) is 4.79 Å². The molecule has 0 aliphatic rings. The highest BCUT2D eigenvalue weighted by Gasteiger charge is 2.12. The van der Waals surface area contributed by atoms with E-state index >= 15 is 0 Å². The monoisotopic (exact) mass is 337 g/mol. The van der Waals surface area contributed by atoms with Crippen LogP contribution in [0, 0.1) is 0 Å². The number of hydrogen-bond donors (Lipinski definition) is 1. The van der Waals surface area contributed by atoms with E-state index < -0.39 is 0 Å². The van der Waals surface area contributed by atoms with Crippen molar-refractivity contribution in [1.29, 1.82) is 0 Å². The average Bonchev–Trinajstić information content (AvgIpc) is 2.96. The van der Waals surface area contributed by atoms with Crippen molar-refractivity contribution < 1.29 is 9.53 Å². The number of hydrogen-bond acceptors (Lipinski definition) is 3. The van der Waals surface area contributed by atoms with Gasteiger partial charge in [0.15, 0.2) is 0 Å². The number of ether oxygens (including phenoxy) is 1. The van der Waals surface area contributed by atoms with E-state index in [2.05, 4.69) is 10.2 Å². The Kier molecular flexibility index (Phi) is 5.05. The van der Waals surface area contributed by atoms with Crippen LogP contribution in [-0.2, 0) is 7.05 Å². The molecule has 130 valence electrons. The van der Waals surface area contributed by atoms with Crippen LogP contribution in [0.5, 0.6) is 5.75 Å². The number of nitrogens with one attached hydrogen (secondary N) is 1. The van der Waals surface area contributed by atoms with Gasteiger partial charge in [-0.25, -0.2) is 0 Å². The Bertz CT molecular complexity index is 884. The van der Waals surface area contributed by atoms with Gasteiger partial charge in [0.05, 0.1) is 0 Å². The maximum atomic E-state index is 12.7. The fourth-order valence-electron chi connectivity index (χ4n) is 2.71. The van der Waals surface area contributed by atoms with Crippen LogP contribution in [0.3, 0.4) is 0 Å². The fourth-order valence-corrected chi connectivity index (χ4v) is 2.71. The van der Waals surface area contributed by atoms with E-state index in [0.29, 0.717) is 12.2 Å². The summed E-state index contributed by atoms with van der Waals surface area (Å²) in [5.41, 5.74) is 2.42. The van der Waals surface area contributed by atoms with Crippen molar-refractivity contribution in [2.45, 2.75) is 0 Å². The standard InChI is InChI=1S/C20H23N3O2/c1-22(2)12-13-25-16-7-4-6-15(14-16)21-20(24)18-8-5-9-19-17(18)10-11-23(19)3/h4-11,14H,12-13H2,1-3H3,(H,21,24). The SMILES string of the molecule is CN(C)CCOc1cccc(NC(=O)c2cccc3c2ccn3C)c1. The summed E-state index contributed by atoms with van der Waals surface area (Å²) in [6, 6.07) is 15.2. The van der Waals surface area contributed by atoms with Crippen LogP contribution in [0.2, 0.25) is 0 Å². The van der Waals surface area contributed by atoms with Crippen molar-refractivity contribution in [1.82, 2.24) is 9.47 Å². The molecule has 5 nitrogen and oxygen atoms in total. The molecule has 1 aromatic heterocycles. The van der Waals surface area contributed by atoms with Gasteiger partial charge in [0, 0.05) is 48.0 Å². The number of aryl methyl sites for hydroxylation is 1. The predicted molar refractivity (Wildman–Crippen MR) is 101 cm³/mol. The third kappa shape index (κ3) is 4.00. The summed E-state index contributed by atoms with van der Waals surface area (Å²) < 4.78 is 7.73. The summed E-state index contributed by atoms with van der Waals surface area (Å²) >= 11 is 0. The topological polar surface area (TPSA) is 46.5 Å². The van der Waals surface area contributed by atoms with Crippen LogP contribution in [0.4, 0.5) is 5.69 Å². The molecule has 1 N–H and O–H groups in total. The molecule has 0 spiro atoms. The number of amides is 1. The normalized spacial score (nSPS) is 11.0. The minimum absolute atomic E-state index is 0.123. The molecule has 1 amide bonds. The second-order valence-electron chi connectivity index (χ2n) is 6.30. The van der Waals surface area contributed by atoms with Crippen LogP contribution in [-0.4, -0.2) is 42.6 Å². The quantitative estimate of drug-likeness (QED) is 0.750. The maximum absolute atomic E-state index is 12.7. The molecule has 0 atom stereocenters. The highest BCUT2D eigenvalue weighted by atomic mass is 16.5. The Labute approximate surface area is 147 Å². The summed E-state index contributed by atoms with van der Waals surface area (Å²) in [6.45, 7) is 1.44. The molecule has 0 aliphatic heterocycles. The first-order chi connectivity index (χ1) is 12.0. The highest BCUT2D eigenvalue weighted by Crippen LogP contribution is 2.22. The number of fused-ring (bicyclic) bond motifs is 1. The lowest BCUT2D eigenvalue weighted by molar-refractivity contribution is 0.102. The number of rotatable bonds is 6. The van der Waals surface area contributed by atoms with Crippen LogP contribution in [0.25, 0.3) is 10.9 Å². The summed E-state index contributed by atoms with van der Waals surface area (Å²) in [6.07, 6.45) is 1.96. The number of benzene rings is 2. The molecule has 3 rings (SSSR count). The van der Waals surface area contributed by atoms with Crippen molar-refractivity contribution in [3.05, 3.63) is 60.3 Å². The van der Waals surface area contributed by atoms with Crippen LogP contribution in [0.1, 0.15) is 10.4 Å². The van der Waals surface area contributed by atoms with Crippen LogP contribution >= 0.6 is 0 Å². The molecule has 0 aliphatic carbocycles. The Balaban J connectivity index is 1.74. The number of anilines is 1. The summed E-state index contributed by atoms with van der Waals surface area (Å²) in [7, 11) is 5.98. The molecule has 0 bridgehead atoms. The summed E-state index contributed by atoms with van der Waals surface area (Å²) in [4.78, 5) is 14.7. The maximum Gasteiger partial charge on any atom is 0.256 e. The molecule has 0 unspecified atom stereocenters. The number of likely N-dealkylation sites (N-methyl/N-ethyl adjacent to an activating group) is 1. The highest BCUT2D eigenvalue weighted by molar-refractivity contribution is 6.12. The van der Waals surface area contributed by atoms with Crippen molar-refractivity contribution >= 4 is 22.5 Å². The van der Waals surface area contributed by atoms with Gasteiger partial charge in [-0.05, 0) is 44.4 Å². The van der Waals surface area contributed by atoms with Gasteiger partial charge in [-0.1, -0.05) is 12.1 Å². The minimum Gasteiger partial charge on any atom is -0.492 e. The molecule has 5 heteroatoms. The smallest absolute Gasteiger partial charge is 0.256 e. The third-order valence-corrected chi connectivity index (χ3v) is 4.07. The first-order valence-corrected chi connectivity index (χ1v) is 8.27. The molecular weight excluding hydrogens is 314 g/mol. The van der Waals surface area contributed by atoms with E-state index in [0.717, 1.165) is 28.9 Å². The van der Waals surface area contributed by atoms with E-state index in [1.807, 2.05) is 80.4 Å². The lowest BCUT2D eigenvalue weighted by Gasteiger charge is -2.12. The first kappa shape index (κ1) is 17.0. The average molecular weight is 337 g/mol. The minimum atomic E-state index is -0.123. The zero-order valence-corrected chi connectivity index (χ0v) is 14.8. The number of nitrogens with zero attached hydrogens (tertiary/aromatic N) is 2. The van der Waals surface area contributed by atoms with Gasteiger partial charge in [0.1, 0.15) is 12.4 Å². The molecule has 3 aromatic rings. The lowest BCUT2D eigenvalue weighted by atomic mass is 10.1. The van der Waals surface area contributed by atoms with Crippen molar-refractivity contribution in [3.63, 3.8) is 0 Å². The van der Waals surface area contributed by atoms with Gasteiger partial charge >= 0.3 is 0 Å². The summed E-state index contributed by atoms with van der Waals surface area (Å²) in [5.74, 6) is 0.625. The van der Waals surface area contributed by atoms with Crippen molar-refractivity contribution in [2.24, 2.45) is 7.05 Å². The largest absolute Gasteiger partial charge is 0.492 e. The van der Waals surface area contributed by atoms with E-state index in [1.165, 1.54) is 0 Å². The van der Waals surface area contributed by atoms with Gasteiger partial charge in [0.25, 0.3) is 5.91 Å². The Morgan fingerprint density at radius 2 is 1.96 bits per heavy atom. The zero-order chi connectivity index (χ0) is 17.8. The van der Waals surface area contributed by atoms with E-state index in [4.69, 9.17) is 4.74 Å². The molecule has 0 fully saturated rings. The number of aromatic nitrogens is 1. The second-order valence-corrected chi connectivity index (χ2v) is 6.30. The van der Waals surface area contributed by atoms with E-state index in [-0.39, 0.29) is 5.91 Å². The second kappa shape index (κ2) is 7.40. The Morgan fingerprint density at radius 1 is 1.16 bits per heavy atom. The van der Waals surface area contributed by atoms with Crippen molar-refractivity contribution in [2.75, 3.05) is 32.6 Å². The molecule has 2 aromatic carbocycles. The Hall–Kier alpha value is -2.79. The van der Waals surface area contributed by atoms with Gasteiger partial charge in [-0.2, -0.15) is 0 Å². The number of carbonyl (C=O) groups excluding carboxylic acids is 1. The van der Waals surface area contributed by atoms with Gasteiger partial charge in [-0.15, -0.1) is 0 Å². The third-order valence-electron chi connectivity index (χ3n) is 4.07. The fraction of sp³-hybridized carbons (Fsp3) is 0.250. The molecule has 0 saturated carbocycles. The molecule has 0 saturated heterocycles. The van der Waals surface area contributed by atoms with Gasteiger partial charge in [-0.3, -0.25) is 4.79 Å². The molecule has 1 heterocycles. The van der Waals surface area contributed by atoms with Crippen LogP contribution in [0.15, 0.2) is 54.7 Å². The van der Waals surface area contributed by atoms with Gasteiger partial charge < -0.3 is 19.5 Å². The summed E-state index contributed by atoms with van der Waals surface area (Å²) in [5, 5.41) is 3.91. The molecular formula is C20H23N3O2. The first-order valence-electron chi connectivity index (χ1n) is 8.27. The van der Waals surface area contributed by atoms with Crippen LogP contribution < -0.4 is 10.1 Å². The Morgan fingerprint density at radius 3 is 2.76 bits per heavy atom. The number of carbonyl (C=O) groups is 1. The van der Waals surface area contributed by atoms with E-state index in [1.54, 1.807) is 0 Å². The molecule has 0 radical (unpaired) electrons. The molecule has 25 heavy (non-hydrogen) atoms. The lowest BCUT2D eigenvalue weighted by Crippen LogP contribution is -2.19. The zero-order valence-electron chi connectivity index (χ0n) is 14.8.